The lowest BCUT2D eigenvalue weighted by atomic mass is 9.78. The molecule has 3 aromatic carbocycles. The number of amides is 6. The number of carbonyl (C=O) groups is 10. The van der Waals surface area contributed by atoms with Crippen molar-refractivity contribution in [2.45, 2.75) is 102 Å². The number of hydroxylamine groups is 1. The molecule has 0 bridgehead atoms. The fraction of sp³-hybridized carbons (Fsp3) is 0.423. The van der Waals surface area contributed by atoms with E-state index in [1.165, 1.54) is 28.4 Å². The van der Waals surface area contributed by atoms with Crippen molar-refractivity contribution in [1.82, 2.24) is 30.8 Å². The minimum Gasteiger partial charge on any atom is -0.481 e. The Kier molecular flexibility index (Phi) is 22.7. The van der Waals surface area contributed by atoms with Gasteiger partial charge in [0.25, 0.3) is 11.8 Å². The maximum absolute atomic E-state index is 12.9. The molecule has 20 heteroatoms. The van der Waals surface area contributed by atoms with Crippen molar-refractivity contribution in [2.24, 2.45) is 11.8 Å². The lowest BCUT2D eigenvalue weighted by Gasteiger charge is -2.30. The Labute approximate surface area is 417 Å². The van der Waals surface area contributed by atoms with Gasteiger partial charge in [-0.05, 0) is 81.2 Å². The fourth-order valence-corrected chi connectivity index (χ4v) is 8.73. The number of likely N-dealkylation sites (tertiary alicyclic amines) is 2. The van der Waals surface area contributed by atoms with Crippen molar-refractivity contribution in [1.29, 1.82) is 0 Å². The quantitative estimate of drug-likeness (QED) is 0.0545. The molecule has 1 saturated carbocycles. The summed E-state index contributed by atoms with van der Waals surface area (Å²) >= 11 is 0. The van der Waals surface area contributed by atoms with Crippen LogP contribution in [-0.4, -0.2) is 145 Å². The van der Waals surface area contributed by atoms with Crippen LogP contribution in [0.5, 0.6) is 0 Å². The molecular formula is C52H64N6O14. The Hall–Kier alpha value is -7.74. The molecule has 1 aliphatic carbocycles. The molecule has 6 amide bonds. The predicted molar refractivity (Wildman–Crippen MR) is 261 cm³/mol. The smallest absolute Gasteiger partial charge is 0.326 e. The summed E-state index contributed by atoms with van der Waals surface area (Å²) in [6.07, 6.45) is 8.03. The third-order valence-electron chi connectivity index (χ3n) is 12.5. The van der Waals surface area contributed by atoms with Crippen LogP contribution >= 0.6 is 0 Å². The Morgan fingerprint density at radius 1 is 0.667 bits per heavy atom. The average molecular weight is 997 g/mol. The van der Waals surface area contributed by atoms with Gasteiger partial charge in [-0.2, -0.15) is 0 Å². The van der Waals surface area contributed by atoms with E-state index in [-0.39, 0.29) is 54.7 Å². The Bertz CT molecular complexity index is 2380. The van der Waals surface area contributed by atoms with E-state index in [9.17, 15) is 53.1 Å². The van der Waals surface area contributed by atoms with Gasteiger partial charge in [0.15, 0.2) is 5.78 Å². The van der Waals surface area contributed by atoms with Crippen molar-refractivity contribution in [2.75, 3.05) is 26.7 Å². The first kappa shape index (κ1) is 56.8. The molecule has 3 aliphatic rings. The van der Waals surface area contributed by atoms with E-state index in [4.69, 9.17) is 15.4 Å². The Balaban J connectivity index is 0.000000244. The van der Waals surface area contributed by atoms with Crippen molar-refractivity contribution >= 4 is 65.2 Å². The SMILES string of the molecule is CN(CC(=O)NO)C(=O)[C@@H]1CCCC[C@@H]1C(=O)O.C[C@H](NC(=O)/C=C/c1ccccc1)C(=O)N1CCC[C@H]1C(=O)O.O=C(N[C@@H](Cc1ccccc1)C(=O)CCC(=O)N1CCC[C@@H]1C(=O)O)c1ccccc1. The van der Waals surface area contributed by atoms with Gasteiger partial charge in [0.1, 0.15) is 24.7 Å². The van der Waals surface area contributed by atoms with Gasteiger partial charge >= 0.3 is 17.9 Å². The number of aliphatic carboxylic acids is 3. The van der Waals surface area contributed by atoms with E-state index >= 15 is 0 Å². The summed E-state index contributed by atoms with van der Waals surface area (Å²) in [7, 11) is 1.42. The minimum absolute atomic E-state index is 0.0613. The molecule has 0 unspecified atom stereocenters. The van der Waals surface area contributed by atoms with Gasteiger partial charge in [-0.15, -0.1) is 0 Å². The molecule has 2 heterocycles. The Morgan fingerprint density at radius 3 is 1.78 bits per heavy atom. The van der Waals surface area contributed by atoms with Crippen LogP contribution in [0.3, 0.4) is 0 Å². The van der Waals surface area contributed by atoms with Gasteiger partial charge in [0.2, 0.25) is 23.6 Å². The van der Waals surface area contributed by atoms with Crippen molar-refractivity contribution in [3.05, 3.63) is 114 Å². The highest BCUT2D eigenvalue weighted by molar-refractivity contribution is 5.99. The second-order valence-electron chi connectivity index (χ2n) is 17.7. The third-order valence-corrected chi connectivity index (χ3v) is 12.5. The van der Waals surface area contributed by atoms with Crippen LogP contribution in [0.1, 0.15) is 92.6 Å². The molecule has 72 heavy (non-hydrogen) atoms. The topological polar surface area (TPSA) is 297 Å². The molecular weight excluding hydrogens is 933 g/mol. The highest BCUT2D eigenvalue weighted by Crippen LogP contribution is 2.31. The van der Waals surface area contributed by atoms with E-state index in [1.807, 2.05) is 60.7 Å². The van der Waals surface area contributed by atoms with Crippen LogP contribution in [0, 0.1) is 11.8 Å². The van der Waals surface area contributed by atoms with E-state index in [0.29, 0.717) is 63.6 Å². The summed E-state index contributed by atoms with van der Waals surface area (Å²) in [6, 6.07) is 24.2. The minimum atomic E-state index is -1.02. The first-order valence-corrected chi connectivity index (χ1v) is 23.8. The van der Waals surface area contributed by atoms with Crippen LogP contribution in [0.25, 0.3) is 6.08 Å². The maximum Gasteiger partial charge on any atom is 0.326 e. The maximum atomic E-state index is 12.9. The molecule has 6 rings (SSSR count). The number of carbonyl (C=O) groups excluding carboxylic acids is 7. The number of likely N-dealkylation sites (N-methyl/N-ethyl adjacent to an activating group) is 1. The van der Waals surface area contributed by atoms with Gasteiger partial charge in [0.05, 0.1) is 17.9 Å². The third kappa shape index (κ3) is 17.6. The normalized spacial score (nSPS) is 18.9. The first-order chi connectivity index (χ1) is 34.4. The van der Waals surface area contributed by atoms with Gasteiger partial charge in [0, 0.05) is 44.6 Å². The van der Waals surface area contributed by atoms with E-state index < -0.39 is 59.8 Å². The number of ketones is 1. The molecule has 20 nitrogen and oxygen atoms in total. The summed E-state index contributed by atoms with van der Waals surface area (Å²) in [6.45, 7) is 2.09. The number of nitrogens with zero attached hydrogens (tertiary/aromatic N) is 3. The van der Waals surface area contributed by atoms with Gasteiger partial charge in [-0.1, -0.05) is 91.7 Å². The molecule has 0 radical (unpaired) electrons. The molecule has 0 aromatic heterocycles. The highest BCUT2D eigenvalue weighted by Gasteiger charge is 2.38. The second-order valence-corrected chi connectivity index (χ2v) is 17.7. The molecule has 386 valence electrons. The predicted octanol–water partition coefficient (Wildman–Crippen LogP) is 3.57. The number of hydrogen-bond donors (Lipinski definition) is 7. The van der Waals surface area contributed by atoms with Crippen LogP contribution in [-0.2, 0) is 49.6 Å². The largest absolute Gasteiger partial charge is 0.481 e. The van der Waals surface area contributed by atoms with Gasteiger partial charge in [-0.25, -0.2) is 15.1 Å². The molecule has 3 fully saturated rings. The average Bonchev–Trinajstić information content (AvgIpc) is 4.10. The molecule has 2 saturated heterocycles. The Morgan fingerprint density at radius 2 is 1.21 bits per heavy atom. The number of carboxylic acids is 3. The monoisotopic (exact) mass is 996 g/mol. The van der Waals surface area contributed by atoms with Crippen LogP contribution in [0.15, 0.2) is 97.1 Å². The zero-order valence-electron chi connectivity index (χ0n) is 40.4. The van der Waals surface area contributed by atoms with E-state index in [2.05, 4.69) is 10.6 Å². The second kappa shape index (κ2) is 28.8. The van der Waals surface area contributed by atoms with Crippen LogP contribution in [0.4, 0.5) is 0 Å². The number of benzene rings is 3. The van der Waals surface area contributed by atoms with Gasteiger partial charge in [-0.3, -0.25) is 43.6 Å². The van der Waals surface area contributed by atoms with Crippen LogP contribution < -0.4 is 16.1 Å². The van der Waals surface area contributed by atoms with Crippen molar-refractivity contribution in [3.8, 4) is 0 Å². The molecule has 7 N–H and O–H groups in total. The number of hydrogen-bond acceptors (Lipinski definition) is 11. The zero-order valence-corrected chi connectivity index (χ0v) is 40.4. The van der Waals surface area contributed by atoms with E-state index in [1.54, 1.807) is 43.3 Å². The van der Waals surface area contributed by atoms with Crippen LogP contribution in [0.2, 0.25) is 0 Å². The lowest BCUT2D eigenvalue weighted by Crippen LogP contribution is -2.50. The summed E-state index contributed by atoms with van der Waals surface area (Å²) < 4.78 is 0. The summed E-state index contributed by atoms with van der Waals surface area (Å²) in [5.74, 6) is -7.00. The fourth-order valence-electron chi connectivity index (χ4n) is 8.73. The number of Topliss-reactive ketones (excluding diaryl/α,β-unsaturated/α-hetero) is 1. The summed E-state index contributed by atoms with van der Waals surface area (Å²) in [4.78, 5) is 123. The standard InChI is InChI=1S/C24H26N2O5.C17H20N2O4.C11H18N2O5/c27-21(13-14-22(28)26-15-7-12-20(26)24(30)31)19(16-17-8-3-1-4-9-17)25-23(29)18-10-5-2-6-11-18;1-12(16(21)19-11-5-8-14(19)17(22)23)18-15(20)10-9-13-6-3-2-4-7-13;1-13(6-9(14)12-18)10(15)7-4-2-3-5-8(7)11(16)17/h1-6,8-11,19-20H,7,12-16H2,(H,25,29)(H,30,31);2-4,6-7,9-10,12,14H,5,8,11H2,1H3,(H,18,20)(H,22,23);7-8,18H,2-6H2,1H3,(H,12,14)(H,16,17)/b;10-9+;/t19-,20+;12-,14-;7-,8+/m001/s1. The van der Waals surface area contributed by atoms with Crippen molar-refractivity contribution < 1.29 is 68.5 Å². The summed E-state index contributed by atoms with van der Waals surface area (Å²) in [5.41, 5.74) is 3.66. The van der Waals surface area contributed by atoms with E-state index in [0.717, 1.165) is 28.9 Å². The number of nitrogens with one attached hydrogen (secondary N) is 3. The molecule has 3 aromatic rings. The first-order valence-electron chi connectivity index (χ1n) is 23.8. The van der Waals surface area contributed by atoms with Gasteiger partial charge < -0.3 is 40.7 Å². The number of rotatable bonds is 18. The van der Waals surface area contributed by atoms with Crippen molar-refractivity contribution in [3.63, 3.8) is 0 Å². The zero-order chi connectivity index (χ0) is 52.7. The molecule has 6 atom stereocenters. The lowest BCUT2D eigenvalue weighted by molar-refractivity contribution is -0.152. The molecule has 0 spiro atoms. The number of carboxylic acid groups (broad SMARTS) is 3. The molecule has 2 aliphatic heterocycles. The highest BCUT2D eigenvalue weighted by atomic mass is 16.5. The summed E-state index contributed by atoms with van der Waals surface area (Å²) in [5, 5.41) is 41.2.